The maximum absolute atomic E-state index is 5.02. The normalized spacial score (nSPS) is 12.3. The Bertz CT molecular complexity index is 245. The molecule has 0 saturated heterocycles. The molecule has 0 aromatic carbocycles. The minimum Gasteiger partial charge on any atom is -0.385 e. The van der Waals surface area contributed by atoms with E-state index in [-0.39, 0.29) is 29.5 Å². The molecule has 0 spiro atoms. The number of hydrogen-bond acceptors (Lipinski definition) is 3. The number of halogens is 1. The lowest BCUT2D eigenvalue weighted by molar-refractivity contribution is 0.195. The van der Waals surface area contributed by atoms with Gasteiger partial charge < -0.3 is 20.3 Å². The highest BCUT2D eigenvalue weighted by molar-refractivity contribution is 14.0. The van der Waals surface area contributed by atoms with Gasteiger partial charge in [-0.25, -0.2) is 0 Å². The smallest absolute Gasteiger partial charge is 0.191 e. The highest BCUT2D eigenvalue weighted by Crippen LogP contribution is 2.09. The molecular weight excluding hydrogens is 355 g/mol. The lowest BCUT2D eigenvalue weighted by Crippen LogP contribution is -2.44. The molecule has 0 saturated carbocycles. The van der Waals surface area contributed by atoms with Crippen LogP contribution in [-0.4, -0.2) is 63.8 Å². The topological polar surface area (TPSA) is 48.9 Å². The molecule has 0 bridgehead atoms. The fourth-order valence-electron chi connectivity index (χ4n) is 1.18. The monoisotopic (exact) mass is 386 g/mol. The summed E-state index contributed by atoms with van der Waals surface area (Å²) in [7, 11) is 5.88. The summed E-state index contributed by atoms with van der Waals surface area (Å²) in [5, 5.41) is 6.56. The predicted octanol–water partition coefficient (Wildman–Crippen LogP) is 1.54. The van der Waals surface area contributed by atoms with Gasteiger partial charge in [-0.05, 0) is 41.3 Å². The predicted molar refractivity (Wildman–Crippen MR) is 93.7 cm³/mol. The minimum atomic E-state index is 0. The number of ether oxygens (including phenoxy) is 1. The van der Waals surface area contributed by atoms with Crippen LogP contribution >= 0.6 is 24.0 Å². The van der Waals surface area contributed by atoms with Gasteiger partial charge in [-0.15, -0.1) is 24.0 Å². The van der Waals surface area contributed by atoms with Crippen molar-refractivity contribution in [1.82, 2.24) is 15.5 Å². The van der Waals surface area contributed by atoms with Crippen molar-refractivity contribution in [1.29, 1.82) is 0 Å². The molecule has 0 heterocycles. The summed E-state index contributed by atoms with van der Waals surface area (Å²) in [6.45, 7) is 9.73. The first kappa shape index (κ1) is 21.2. The average molecular weight is 386 g/mol. The lowest BCUT2D eigenvalue weighted by Gasteiger charge is -2.31. The van der Waals surface area contributed by atoms with E-state index in [1.807, 2.05) is 0 Å². The van der Waals surface area contributed by atoms with Crippen molar-refractivity contribution in [2.24, 2.45) is 4.99 Å². The molecule has 6 heteroatoms. The molecule has 0 amide bonds. The van der Waals surface area contributed by atoms with E-state index in [0.29, 0.717) is 0 Å². The van der Waals surface area contributed by atoms with Crippen molar-refractivity contribution in [3.8, 4) is 0 Å². The average Bonchev–Trinajstić information content (AvgIpc) is 2.31. The molecular formula is C13H31IN4O. The van der Waals surface area contributed by atoms with Crippen LogP contribution < -0.4 is 10.6 Å². The highest BCUT2D eigenvalue weighted by Gasteiger charge is 2.19. The number of rotatable bonds is 8. The van der Waals surface area contributed by atoms with Gasteiger partial charge >= 0.3 is 0 Å². The molecule has 0 radical (unpaired) electrons. The largest absolute Gasteiger partial charge is 0.385 e. The van der Waals surface area contributed by atoms with Crippen LogP contribution in [0.3, 0.4) is 0 Å². The fraction of sp³-hybridized carbons (Fsp3) is 0.923. The van der Waals surface area contributed by atoms with E-state index in [4.69, 9.17) is 4.74 Å². The molecule has 0 rings (SSSR count). The third-order valence-electron chi connectivity index (χ3n) is 3.00. The first-order valence-electron chi connectivity index (χ1n) is 6.62. The van der Waals surface area contributed by atoms with Gasteiger partial charge in [0.2, 0.25) is 0 Å². The molecule has 0 aromatic heterocycles. The lowest BCUT2D eigenvalue weighted by atomic mass is 10.1. The SMILES string of the molecule is CCNC(=NCC(C)(C)N(C)C)NCCCOC.I. The van der Waals surface area contributed by atoms with Gasteiger partial charge in [0.1, 0.15) is 0 Å². The highest BCUT2D eigenvalue weighted by atomic mass is 127. The first-order chi connectivity index (χ1) is 8.44. The molecule has 0 aliphatic heterocycles. The molecule has 0 atom stereocenters. The maximum atomic E-state index is 5.02. The second-order valence-electron chi connectivity index (χ2n) is 5.18. The van der Waals surface area contributed by atoms with Crippen LogP contribution in [0.1, 0.15) is 27.2 Å². The Labute approximate surface area is 135 Å². The summed E-state index contributed by atoms with van der Waals surface area (Å²) in [5.74, 6) is 0.878. The molecule has 0 aliphatic rings. The molecule has 0 aliphatic carbocycles. The molecule has 0 unspecified atom stereocenters. The van der Waals surface area contributed by atoms with E-state index in [1.165, 1.54) is 0 Å². The summed E-state index contributed by atoms with van der Waals surface area (Å²) in [4.78, 5) is 6.80. The zero-order valence-corrected chi connectivity index (χ0v) is 15.6. The molecule has 0 fully saturated rings. The fourth-order valence-corrected chi connectivity index (χ4v) is 1.18. The molecule has 116 valence electrons. The van der Waals surface area contributed by atoms with Crippen molar-refractivity contribution < 1.29 is 4.74 Å². The van der Waals surface area contributed by atoms with Crippen LogP contribution in [0.25, 0.3) is 0 Å². The van der Waals surface area contributed by atoms with Gasteiger partial charge in [-0.1, -0.05) is 0 Å². The van der Waals surface area contributed by atoms with E-state index < -0.39 is 0 Å². The van der Waals surface area contributed by atoms with Crippen LogP contribution in [0.4, 0.5) is 0 Å². The van der Waals surface area contributed by atoms with Crippen LogP contribution in [0.2, 0.25) is 0 Å². The summed E-state index contributed by atoms with van der Waals surface area (Å²) in [6, 6.07) is 0. The third kappa shape index (κ3) is 10.4. The van der Waals surface area contributed by atoms with E-state index in [0.717, 1.165) is 38.6 Å². The Morgan fingerprint density at radius 2 is 1.89 bits per heavy atom. The standard InChI is InChI=1S/C13H30N4O.HI/c1-7-14-12(15-9-8-10-18-6)16-11-13(2,3)17(4)5;/h7-11H2,1-6H3,(H2,14,15,16);1H. The summed E-state index contributed by atoms with van der Waals surface area (Å²) in [6.07, 6.45) is 0.984. The molecule has 19 heavy (non-hydrogen) atoms. The van der Waals surface area contributed by atoms with Crippen LogP contribution in [-0.2, 0) is 4.74 Å². The Kier molecular flexibility index (Phi) is 13.1. The number of nitrogens with one attached hydrogen (secondary N) is 2. The Balaban J connectivity index is 0. The van der Waals surface area contributed by atoms with Gasteiger partial charge in [-0.3, -0.25) is 4.99 Å². The summed E-state index contributed by atoms with van der Waals surface area (Å²) >= 11 is 0. The van der Waals surface area contributed by atoms with Crippen molar-refractivity contribution in [2.45, 2.75) is 32.7 Å². The number of aliphatic imine (C=N–C) groups is 1. The third-order valence-corrected chi connectivity index (χ3v) is 3.00. The van der Waals surface area contributed by atoms with Gasteiger partial charge in [0.15, 0.2) is 5.96 Å². The number of nitrogens with zero attached hydrogens (tertiary/aromatic N) is 2. The van der Waals surface area contributed by atoms with Gasteiger partial charge in [0.25, 0.3) is 0 Å². The zero-order valence-electron chi connectivity index (χ0n) is 13.2. The van der Waals surface area contributed by atoms with Gasteiger partial charge in [-0.2, -0.15) is 0 Å². The Morgan fingerprint density at radius 3 is 2.37 bits per heavy atom. The number of methoxy groups -OCH3 is 1. The first-order valence-corrected chi connectivity index (χ1v) is 6.62. The van der Waals surface area contributed by atoms with Crippen LogP contribution in [0.15, 0.2) is 4.99 Å². The molecule has 5 nitrogen and oxygen atoms in total. The van der Waals surface area contributed by atoms with Crippen molar-refractivity contribution >= 4 is 29.9 Å². The van der Waals surface area contributed by atoms with Gasteiger partial charge in [0, 0.05) is 32.3 Å². The number of hydrogen-bond donors (Lipinski definition) is 2. The van der Waals surface area contributed by atoms with E-state index >= 15 is 0 Å². The van der Waals surface area contributed by atoms with Crippen molar-refractivity contribution in [3.05, 3.63) is 0 Å². The molecule has 0 aromatic rings. The summed E-state index contributed by atoms with van der Waals surface area (Å²) < 4.78 is 5.02. The van der Waals surface area contributed by atoms with Crippen molar-refractivity contribution in [3.63, 3.8) is 0 Å². The Hall–Kier alpha value is -0.0800. The van der Waals surface area contributed by atoms with E-state index in [9.17, 15) is 0 Å². The zero-order chi connectivity index (χ0) is 14.0. The van der Waals surface area contributed by atoms with Crippen molar-refractivity contribution in [2.75, 3.05) is 47.4 Å². The maximum Gasteiger partial charge on any atom is 0.191 e. The van der Waals surface area contributed by atoms with E-state index in [2.05, 4.69) is 55.4 Å². The van der Waals surface area contributed by atoms with Crippen LogP contribution in [0.5, 0.6) is 0 Å². The Morgan fingerprint density at radius 1 is 1.26 bits per heavy atom. The summed E-state index contributed by atoms with van der Waals surface area (Å²) in [5.41, 5.74) is 0.0644. The second kappa shape index (κ2) is 11.7. The number of guanidine groups is 1. The molecule has 2 N–H and O–H groups in total. The second-order valence-corrected chi connectivity index (χ2v) is 5.18. The van der Waals surface area contributed by atoms with Crippen LogP contribution in [0, 0.1) is 0 Å². The quantitative estimate of drug-likeness (QED) is 0.288. The van der Waals surface area contributed by atoms with Gasteiger partial charge in [0.05, 0.1) is 6.54 Å². The number of likely N-dealkylation sites (N-methyl/N-ethyl adjacent to an activating group) is 1. The minimum absolute atomic E-state index is 0. The van der Waals surface area contributed by atoms with E-state index in [1.54, 1.807) is 7.11 Å².